The van der Waals surface area contributed by atoms with Gasteiger partial charge < -0.3 is 14.7 Å². The molecule has 0 saturated heterocycles. The molecule has 0 bridgehead atoms. The van der Waals surface area contributed by atoms with Crippen LogP contribution in [0.25, 0.3) is 6.08 Å². The van der Waals surface area contributed by atoms with Gasteiger partial charge in [-0.15, -0.1) is 0 Å². The molecule has 1 aliphatic rings. The van der Waals surface area contributed by atoms with E-state index in [1.807, 2.05) is 30.3 Å². The molecule has 4 nitrogen and oxygen atoms in total. The predicted molar refractivity (Wildman–Crippen MR) is 108 cm³/mol. The quantitative estimate of drug-likeness (QED) is 0.742. The van der Waals surface area contributed by atoms with Gasteiger partial charge in [0.15, 0.2) is 5.78 Å². The van der Waals surface area contributed by atoms with Gasteiger partial charge in [0.1, 0.15) is 18.1 Å². The largest absolute Gasteiger partial charge is 0.508 e. The van der Waals surface area contributed by atoms with Crippen molar-refractivity contribution >= 4 is 11.9 Å². The van der Waals surface area contributed by atoms with Crippen molar-refractivity contribution in [1.29, 1.82) is 0 Å². The van der Waals surface area contributed by atoms with Crippen molar-refractivity contribution < 1.29 is 14.6 Å². The van der Waals surface area contributed by atoms with E-state index >= 15 is 0 Å². The van der Waals surface area contributed by atoms with Gasteiger partial charge in [-0.1, -0.05) is 26.0 Å². The van der Waals surface area contributed by atoms with Crippen molar-refractivity contribution in [2.45, 2.75) is 26.7 Å². The second kappa shape index (κ2) is 8.87. The van der Waals surface area contributed by atoms with Gasteiger partial charge in [-0.25, -0.2) is 0 Å². The molecule has 1 N–H and O–H groups in total. The van der Waals surface area contributed by atoms with Gasteiger partial charge in [0.25, 0.3) is 0 Å². The highest BCUT2D eigenvalue weighted by Crippen LogP contribution is 2.29. The molecule has 1 aliphatic carbocycles. The summed E-state index contributed by atoms with van der Waals surface area (Å²) < 4.78 is 5.81. The number of aromatic hydroxyl groups is 1. The molecule has 2 aromatic carbocycles. The van der Waals surface area contributed by atoms with Crippen molar-refractivity contribution in [1.82, 2.24) is 4.90 Å². The number of carbonyl (C=O) groups excluding carboxylic acids is 1. The highest BCUT2D eigenvalue weighted by molar-refractivity contribution is 6.13. The second-order valence-corrected chi connectivity index (χ2v) is 6.78. The Balaban J connectivity index is 1.64. The topological polar surface area (TPSA) is 49.8 Å². The number of aryl methyl sites for hydroxylation is 1. The fourth-order valence-electron chi connectivity index (χ4n) is 3.40. The number of ketones is 1. The first-order valence-corrected chi connectivity index (χ1v) is 9.63. The Kier molecular flexibility index (Phi) is 6.30. The Bertz CT molecular complexity index is 820. The van der Waals surface area contributed by atoms with E-state index in [2.05, 4.69) is 18.7 Å². The van der Waals surface area contributed by atoms with Gasteiger partial charge in [-0.05, 0) is 73.5 Å². The van der Waals surface area contributed by atoms with E-state index in [1.54, 1.807) is 18.2 Å². The predicted octanol–water partition coefficient (Wildman–Crippen LogP) is 4.33. The minimum Gasteiger partial charge on any atom is -0.508 e. The number of hydrogen-bond donors (Lipinski definition) is 1. The smallest absolute Gasteiger partial charge is 0.189 e. The van der Waals surface area contributed by atoms with Crippen LogP contribution in [-0.4, -0.2) is 42.0 Å². The Hall–Kier alpha value is -2.59. The number of nitrogens with zero attached hydrogens (tertiary/aromatic N) is 1. The summed E-state index contributed by atoms with van der Waals surface area (Å²) in [5.74, 6) is 1.11. The van der Waals surface area contributed by atoms with Crippen molar-refractivity contribution in [3.63, 3.8) is 0 Å². The SMILES string of the molecule is CCN(CC)CCOc1ccc(/C=C2\CCc3cc(O)ccc3C2=O)cc1. The first-order chi connectivity index (χ1) is 13.1. The number of phenolic OH excluding ortho intramolecular Hbond substituents is 1. The molecule has 0 amide bonds. The molecule has 3 rings (SSSR count). The van der Waals surface area contributed by atoms with Crippen LogP contribution in [0.4, 0.5) is 0 Å². The Morgan fingerprint density at radius 1 is 1.07 bits per heavy atom. The lowest BCUT2D eigenvalue weighted by Gasteiger charge is -2.18. The minimum absolute atomic E-state index is 0.0517. The van der Waals surface area contributed by atoms with Crippen LogP contribution in [-0.2, 0) is 6.42 Å². The summed E-state index contributed by atoms with van der Waals surface area (Å²) in [6.07, 6.45) is 3.42. The number of hydrogen-bond acceptors (Lipinski definition) is 4. The number of benzene rings is 2. The van der Waals surface area contributed by atoms with E-state index in [9.17, 15) is 9.90 Å². The van der Waals surface area contributed by atoms with Crippen molar-refractivity contribution in [2.24, 2.45) is 0 Å². The molecular formula is C23H27NO3. The zero-order valence-electron chi connectivity index (χ0n) is 16.1. The summed E-state index contributed by atoms with van der Waals surface area (Å²) >= 11 is 0. The highest BCUT2D eigenvalue weighted by Gasteiger charge is 2.22. The summed E-state index contributed by atoms with van der Waals surface area (Å²) in [6.45, 7) is 7.96. The third kappa shape index (κ3) is 4.77. The number of likely N-dealkylation sites (N-methyl/N-ethyl adjacent to an activating group) is 1. The molecule has 0 aromatic heterocycles. The monoisotopic (exact) mass is 365 g/mol. The lowest BCUT2D eigenvalue weighted by Crippen LogP contribution is -2.27. The molecule has 0 spiro atoms. The van der Waals surface area contributed by atoms with Gasteiger partial charge in [-0.3, -0.25) is 4.79 Å². The molecule has 0 saturated carbocycles. The van der Waals surface area contributed by atoms with Crippen molar-refractivity contribution in [2.75, 3.05) is 26.2 Å². The number of phenols is 1. The minimum atomic E-state index is 0.0517. The van der Waals surface area contributed by atoms with Crippen LogP contribution >= 0.6 is 0 Å². The Morgan fingerprint density at radius 3 is 2.52 bits per heavy atom. The maximum Gasteiger partial charge on any atom is 0.189 e. The molecule has 142 valence electrons. The molecule has 4 heteroatoms. The molecule has 0 aliphatic heterocycles. The number of carbonyl (C=O) groups is 1. The maximum absolute atomic E-state index is 12.7. The molecule has 0 radical (unpaired) electrons. The van der Waals surface area contributed by atoms with Crippen LogP contribution in [0.1, 0.15) is 41.8 Å². The summed E-state index contributed by atoms with van der Waals surface area (Å²) in [4.78, 5) is 15.0. The zero-order valence-corrected chi connectivity index (χ0v) is 16.1. The van der Waals surface area contributed by atoms with Crippen LogP contribution in [0.3, 0.4) is 0 Å². The zero-order chi connectivity index (χ0) is 19.2. The molecular weight excluding hydrogens is 338 g/mol. The van der Waals surface area contributed by atoms with Crippen LogP contribution in [0, 0.1) is 0 Å². The van der Waals surface area contributed by atoms with E-state index in [4.69, 9.17) is 4.74 Å². The van der Waals surface area contributed by atoms with E-state index in [-0.39, 0.29) is 11.5 Å². The molecule has 27 heavy (non-hydrogen) atoms. The first kappa shape index (κ1) is 19.2. The summed E-state index contributed by atoms with van der Waals surface area (Å²) in [6, 6.07) is 12.9. The molecule has 2 aromatic rings. The maximum atomic E-state index is 12.7. The van der Waals surface area contributed by atoms with Crippen LogP contribution in [0.5, 0.6) is 11.5 Å². The third-order valence-electron chi connectivity index (χ3n) is 5.08. The molecule has 0 unspecified atom stereocenters. The number of rotatable bonds is 7. The average molecular weight is 365 g/mol. The average Bonchev–Trinajstić information content (AvgIpc) is 2.68. The van der Waals surface area contributed by atoms with Gasteiger partial charge in [0, 0.05) is 17.7 Å². The Labute approximate surface area is 161 Å². The number of ether oxygens (including phenoxy) is 1. The van der Waals surface area contributed by atoms with Crippen molar-refractivity contribution in [3.8, 4) is 11.5 Å². The fraction of sp³-hybridized carbons (Fsp3) is 0.348. The van der Waals surface area contributed by atoms with Gasteiger partial charge >= 0.3 is 0 Å². The lowest BCUT2D eigenvalue weighted by molar-refractivity contribution is 0.102. The van der Waals surface area contributed by atoms with Crippen molar-refractivity contribution in [3.05, 3.63) is 64.7 Å². The number of Topliss-reactive ketones (excluding diaryl/α,β-unsaturated/α-hetero) is 1. The molecule has 0 fully saturated rings. The normalized spacial score (nSPS) is 15.2. The van der Waals surface area contributed by atoms with Gasteiger partial charge in [-0.2, -0.15) is 0 Å². The van der Waals surface area contributed by atoms with Crippen LogP contribution < -0.4 is 4.74 Å². The van der Waals surface area contributed by atoms with E-state index in [0.717, 1.165) is 48.5 Å². The summed E-state index contributed by atoms with van der Waals surface area (Å²) in [7, 11) is 0. The second-order valence-electron chi connectivity index (χ2n) is 6.78. The van der Waals surface area contributed by atoms with E-state index in [1.165, 1.54) is 0 Å². The van der Waals surface area contributed by atoms with E-state index in [0.29, 0.717) is 18.6 Å². The van der Waals surface area contributed by atoms with E-state index < -0.39 is 0 Å². The molecule has 0 atom stereocenters. The molecule has 0 heterocycles. The van der Waals surface area contributed by atoms with Gasteiger partial charge in [0.05, 0.1) is 0 Å². The first-order valence-electron chi connectivity index (χ1n) is 9.63. The summed E-state index contributed by atoms with van der Waals surface area (Å²) in [5.41, 5.74) is 3.43. The van der Waals surface area contributed by atoms with Crippen LogP contribution in [0.15, 0.2) is 48.0 Å². The number of fused-ring (bicyclic) bond motifs is 1. The fourth-order valence-corrected chi connectivity index (χ4v) is 3.40. The number of allylic oxidation sites excluding steroid dienone is 1. The van der Waals surface area contributed by atoms with Crippen LogP contribution in [0.2, 0.25) is 0 Å². The standard InChI is InChI=1S/C23H27NO3/c1-3-24(4-2)13-14-27-21-10-5-17(6-11-21)15-19-8-7-18-16-20(25)9-12-22(18)23(19)26/h5-6,9-12,15-16,25H,3-4,7-8,13-14H2,1-2H3/b19-15+. The Morgan fingerprint density at radius 2 is 1.81 bits per heavy atom. The van der Waals surface area contributed by atoms with Gasteiger partial charge in [0.2, 0.25) is 0 Å². The highest BCUT2D eigenvalue weighted by atomic mass is 16.5. The lowest BCUT2D eigenvalue weighted by atomic mass is 9.86. The third-order valence-corrected chi connectivity index (χ3v) is 5.08. The summed E-state index contributed by atoms with van der Waals surface area (Å²) in [5, 5.41) is 9.58.